The molecule has 0 aromatic heterocycles. The van der Waals surface area contributed by atoms with Crippen LogP contribution in [0.3, 0.4) is 0 Å². The highest BCUT2D eigenvalue weighted by atomic mass is 16.8. The largest absolute Gasteiger partial charge is 0.355 e. The summed E-state index contributed by atoms with van der Waals surface area (Å²) in [7, 11) is 0. The molecule has 2 fully saturated rings. The van der Waals surface area contributed by atoms with E-state index in [0.717, 1.165) is 38.9 Å². The van der Waals surface area contributed by atoms with Crippen LogP contribution < -0.4 is 0 Å². The van der Waals surface area contributed by atoms with Crippen LogP contribution in [-0.4, -0.2) is 25.8 Å². The minimum absolute atomic E-state index is 0.267. The van der Waals surface area contributed by atoms with Gasteiger partial charge in [0.15, 0.2) is 5.79 Å². The highest BCUT2D eigenvalue weighted by Crippen LogP contribution is 2.32. The fourth-order valence-corrected chi connectivity index (χ4v) is 1.71. The minimum Gasteiger partial charge on any atom is -0.355 e. The molecule has 0 aromatic rings. The zero-order chi connectivity index (χ0) is 7.57. The van der Waals surface area contributed by atoms with Crippen molar-refractivity contribution in [2.24, 2.45) is 0 Å². The topological polar surface area (TPSA) is 27.7 Å². The molecule has 0 radical (unpaired) electrons. The molecule has 2 aliphatic rings. The number of hydrogen-bond donors (Lipinski definition) is 0. The van der Waals surface area contributed by atoms with Crippen molar-refractivity contribution in [3.8, 4) is 0 Å². The first-order chi connectivity index (χ1) is 5.41. The molecule has 64 valence electrons. The number of rotatable bonds is 0. The summed E-state index contributed by atoms with van der Waals surface area (Å²) in [5, 5.41) is 0. The van der Waals surface area contributed by atoms with Crippen LogP contribution in [0.2, 0.25) is 0 Å². The average Bonchev–Trinajstić information content (AvgIpc) is 2.32. The maximum atomic E-state index is 5.56. The Balaban J connectivity index is 1.97. The Morgan fingerprint density at radius 1 is 0.909 bits per heavy atom. The molecule has 2 aliphatic heterocycles. The summed E-state index contributed by atoms with van der Waals surface area (Å²) < 4.78 is 16.2. The van der Waals surface area contributed by atoms with Crippen molar-refractivity contribution in [2.75, 3.05) is 20.0 Å². The third-order valence-electron chi connectivity index (χ3n) is 2.32. The Kier molecular flexibility index (Phi) is 2.11. The van der Waals surface area contributed by atoms with Crippen LogP contribution in [0.1, 0.15) is 25.7 Å². The van der Waals surface area contributed by atoms with E-state index in [4.69, 9.17) is 14.2 Å². The Hall–Kier alpha value is -0.120. The zero-order valence-corrected chi connectivity index (χ0v) is 6.67. The minimum atomic E-state index is -0.267. The van der Waals surface area contributed by atoms with Crippen LogP contribution in [0.25, 0.3) is 0 Å². The lowest BCUT2D eigenvalue weighted by atomic mass is 10.1. The van der Waals surface area contributed by atoms with Gasteiger partial charge in [-0.2, -0.15) is 0 Å². The van der Waals surface area contributed by atoms with Crippen molar-refractivity contribution < 1.29 is 14.2 Å². The fraction of sp³-hybridized carbons (Fsp3) is 1.00. The van der Waals surface area contributed by atoms with E-state index in [0.29, 0.717) is 6.79 Å². The van der Waals surface area contributed by atoms with Gasteiger partial charge in [0.2, 0.25) is 0 Å². The van der Waals surface area contributed by atoms with Gasteiger partial charge in [0.25, 0.3) is 0 Å². The molecule has 0 aliphatic carbocycles. The summed E-state index contributed by atoms with van der Waals surface area (Å²) in [6, 6.07) is 0. The molecular weight excluding hydrogens is 144 g/mol. The number of hydrogen-bond acceptors (Lipinski definition) is 3. The van der Waals surface area contributed by atoms with Crippen molar-refractivity contribution in [1.82, 2.24) is 0 Å². The first-order valence-electron chi connectivity index (χ1n) is 4.27. The second-order valence-corrected chi connectivity index (χ2v) is 3.14. The molecule has 1 atom stereocenters. The summed E-state index contributed by atoms with van der Waals surface area (Å²) in [5.41, 5.74) is 0. The van der Waals surface area contributed by atoms with Crippen molar-refractivity contribution in [2.45, 2.75) is 31.5 Å². The monoisotopic (exact) mass is 158 g/mol. The Labute approximate surface area is 66.6 Å². The van der Waals surface area contributed by atoms with Gasteiger partial charge in [0, 0.05) is 19.4 Å². The van der Waals surface area contributed by atoms with Gasteiger partial charge in [-0.15, -0.1) is 0 Å². The van der Waals surface area contributed by atoms with Crippen LogP contribution in [-0.2, 0) is 14.2 Å². The van der Waals surface area contributed by atoms with Gasteiger partial charge in [0.05, 0.1) is 6.61 Å². The average molecular weight is 158 g/mol. The smallest absolute Gasteiger partial charge is 0.171 e. The molecule has 3 nitrogen and oxygen atoms in total. The third kappa shape index (κ3) is 1.55. The summed E-state index contributed by atoms with van der Waals surface area (Å²) in [4.78, 5) is 0. The van der Waals surface area contributed by atoms with E-state index in [1.807, 2.05) is 0 Å². The molecular formula is C8H14O3. The first kappa shape index (κ1) is 7.53. The van der Waals surface area contributed by atoms with E-state index in [1.54, 1.807) is 0 Å². The van der Waals surface area contributed by atoms with Crippen molar-refractivity contribution >= 4 is 0 Å². The van der Waals surface area contributed by atoms with Crippen molar-refractivity contribution in [3.63, 3.8) is 0 Å². The highest BCUT2D eigenvalue weighted by Gasteiger charge is 2.36. The van der Waals surface area contributed by atoms with Crippen LogP contribution in [0, 0.1) is 0 Å². The third-order valence-corrected chi connectivity index (χ3v) is 2.32. The second kappa shape index (κ2) is 3.09. The maximum absolute atomic E-state index is 5.56. The standard InChI is InChI=1S/C8H14O3/c1-3-8(4-2-6-10-8)11-7-9-5-1/h1-7H2. The Morgan fingerprint density at radius 3 is 2.45 bits per heavy atom. The van der Waals surface area contributed by atoms with E-state index in [1.165, 1.54) is 0 Å². The normalized spacial score (nSPS) is 39.3. The van der Waals surface area contributed by atoms with Gasteiger partial charge in [0.1, 0.15) is 6.79 Å². The molecule has 1 spiro atoms. The van der Waals surface area contributed by atoms with Gasteiger partial charge >= 0.3 is 0 Å². The lowest BCUT2D eigenvalue weighted by molar-refractivity contribution is -0.238. The van der Waals surface area contributed by atoms with Crippen LogP contribution in [0.4, 0.5) is 0 Å². The quantitative estimate of drug-likeness (QED) is 0.531. The number of ether oxygens (including phenoxy) is 3. The molecule has 11 heavy (non-hydrogen) atoms. The van der Waals surface area contributed by atoms with Gasteiger partial charge in [-0.05, 0) is 12.8 Å². The zero-order valence-electron chi connectivity index (χ0n) is 6.67. The molecule has 0 N–H and O–H groups in total. The van der Waals surface area contributed by atoms with E-state index in [9.17, 15) is 0 Å². The SMILES string of the molecule is C1COCOC2(C1)CCCO2. The van der Waals surface area contributed by atoms with Gasteiger partial charge in [-0.3, -0.25) is 0 Å². The second-order valence-electron chi connectivity index (χ2n) is 3.14. The van der Waals surface area contributed by atoms with Crippen molar-refractivity contribution in [3.05, 3.63) is 0 Å². The summed E-state index contributed by atoms with van der Waals surface area (Å²) in [5.74, 6) is -0.267. The lowest BCUT2D eigenvalue weighted by Crippen LogP contribution is -2.30. The Morgan fingerprint density at radius 2 is 1.73 bits per heavy atom. The molecule has 1 unspecified atom stereocenters. The Bertz CT molecular complexity index is 119. The van der Waals surface area contributed by atoms with E-state index in [-0.39, 0.29) is 5.79 Å². The van der Waals surface area contributed by atoms with Crippen LogP contribution >= 0.6 is 0 Å². The van der Waals surface area contributed by atoms with E-state index < -0.39 is 0 Å². The molecule has 2 rings (SSSR count). The van der Waals surface area contributed by atoms with E-state index >= 15 is 0 Å². The van der Waals surface area contributed by atoms with Crippen LogP contribution in [0.5, 0.6) is 0 Å². The maximum Gasteiger partial charge on any atom is 0.171 e. The van der Waals surface area contributed by atoms with Gasteiger partial charge < -0.3 is 14.2 Å². The molecule has 0 aromatic carbocycles. The highest BCUT2D eigenvalue weighted by molar-refractivity contribution is 4.76. The molecule has 3 heteroatoms. The summed E-state index contributed by atoms with van der Waals surface area (Å²) in [6.45, 7) is 2.06. The van der Waals surface area contributed by atoms with Gasteiger partial charge in [-0.1, -0.05) is 0 Å². The predicted octanol–water partition coefficient (Wildman–Crippen LogP) is 1.28. The molecule has 0 bridgehead atoms. The molecule has 0 saturated carbocycles. The predicted molar refractivity (Wildman–Crippen MR) is 39.1 cm³/mol. The lowest BCUT2D eigenvalue weighted by Gasteiger charge is -2.25. The first-order valence-corrected chi connectivity index (χ1v) is 4.27. The fourth-order valence-electron chi connectivity index (χ4n) is 1.71. The molecule has 0 amide bonds. The van der Waals surface area contributed by atoms with Crippen molar-refractivity contribution in [1.29, 1.82) is 0 Å². The van der Waals surface area contributed by atoms with Crippen LogP contribution in [0.15, 0.2) is 0 Å². The molecule has 2 saturated heterocycles. The summed E-state index contributed by atoms with van der Waals surface area (Å²) >= 11 is 0. The van der Waals surface area contributed by atoms with Gasteiger partial charge in [-0.25, -0.2) is 0 Å². The van der Waals surface area contributed by atoms with E-state index in [2.05, 4.69) is 0 Å². The molecule has 2 heterocycles. The summed E-state index contributed by atoms with van der Waals surface area (Å²) in [6.07, 6.45) is 4.21.